The third-order valence-electron chi connectivity index (χ3n) is 4.15. The molecule has 0 aliphatic carbocycles. The second kappa shape index (κ2) is 10.5. The quantitative estimate of drug-likeness (QED) is 0.566. The number of hydrogen-bond acceptors (Lipinski definition) is 5. The molecule has 7 nitrogen and oxygen atoms in total. The summed E-state index contributed by atoms with van der Waals surface area (Å²) in [6, 6.07) is 0. The van der Waals surface area contributed by atoms with Crippen LogP contribution in [0.15, 0.2) is 0 Å². The molecule has 1 saturated heterocycles. The molecule has 2 N–H and O–H groups in total. The molecule has 0 radical (unpaired) electrons. The van der Waals surface area contributed by atoms with Crippen molar-refractivity contribution in [2.75, 3.05) is 52.7 Å². The Morgan fingerprint density at radius 2 is 1.96 bits per heavy atom. The lowest BCUT2D eigenvalue weighted by Crippen LogP contribution is -2.50. The molecule has 1 fully saturated rings. The topological polar surface area (TPSA) is 87.7 Å². The van der Waals surface area contributed by atoms with E-state index >= 15 is 0 Å². The molecule has 0 spiro atoms. The Balaban J connectivity index is 0.00000484. The first-order valence-electron chi connectivity index (χ1n) is 7.79. The molecule has 1 amide bonds. The van der Waals surface area contributed by atoms with Crippen LogP contribution < -0.4 is 10.6 Å². The van der Waals surface area contributed by atoms with Crippen LogP contribution >= 0.6 is 12.4 Å². The Labute approximate surface area is 146 Å². The second-order valence-electron chi connectivity index (χ2n) is 5.83. The van der Waals surface area contributed by atoms with Crippen molar-refractivity contribution in [3.05, 3.63) is 0 Å². The van der Waals surface area contributed by atoms with Gasteiger partial charge in [-0.25, -0.2) is 12.7 Å². The molecule has 0 aromatic rings. The minimum absolute atomic E-state index is 0. The fourth-order valence-corrected chi connectivity index (χ4v) is 3.75. The molecule has 138 valence electrons. The zero-order chi connectivity index (χ0) is 16.6. The number of ether oxygens (including phenoxy) is 1. The first-order valence-corrected chi connectivity index (χ1v) is 9.63. The largest absolute Gasteiger partial charge is 0.384 e. The zero-order valence-electron chi connectivity index (χ0n) is 14.3. The third kappa shape index (κ3) is 6.93. The number of piperidine rings is 1. The van der Waals surface area contributed by atoms with Gasteiger partial charge in [-0.3, -0.25) is 4.79 Å². The smallest absolute Gasteiger partial charge is 0.228 e. The molecule has 1 aliphatic heterocycles. The second-order valence-corrected chi connectivity index (χ2v) is 7.81. The molecule has 1 aliphatic rings. The lowest BCUT2D eigenvalue weighted by atomic mass is 9.78. The van der Waals surface area contributed by atoms with Crippen molar-refractivity contribution in [2.45, 2.75) is 26.2 Å². The SMILES string of the molecule is CCN(CCCNC(=O)C1(COC)CCNCC1)S(C)(=O)=O.Cl. The van der Waals surface area contributed by atoms with Gasteiger partial charge < -0.3 is 15.4 Å². The summed E-state index contributed by atoms with van der Waals surface area (Å²) in [6.07, 6.45) is 3.33. The number of sulfonamides is 1. The number of carbonyl (C=O) groups is 1. The summed E-state index contributed by atoms with van der Waals surface area (Å²) in [6.45, 7) is 5.21. The first-order chi connectivity index (χ1) is 10.4. The minimum atomic E-state index is -3.16. The maximum atomic E-state index is 12.5. The van der Waals surface area contributed by atoms with E-state index in [2.05, 4.69) is 10.6 Å². The number of carbonyl (C=O) groups excluding carboxylic acids is 1. The Morgan fingerprint density at radius 1 is 1.35 bits per heavy atom. The Kier molecular flexibility index (Phi) is 10.3. The van der Waals surface area contributed by atoms with Crippen molar-refractivity contribution in [2.24, 2.45) is 5.41 Å². The number of nitrogens with one attached hydrogen (secondary N) is 2. The van der Waals surface area contributed by atoms with E-state index in [0.29, 0.717) is 32.7 Å². The van der Waals surface area contributed by atoms with E-state index in [0.717, 1.165) is 25.9 Å². The van der Waals surface area contributed by atoms with Crippen LogP contribution in [-0.4, -0.2) is 71.3 Å². The van der Waals surface area contributed by atoms with E-state index in [-0.39, 0.29) is 18.3 Å². The highest BCUT2D eigenvalue weighted by Crippen LogP contribution is 2.29. The predicted octanol–water partition coefficient (Wildman–Crippen LogP) is 0.212. The number of methoxy groups -OCH3 is 1. The lowest BCUT2D eigenvalue weighted by molar-refractivity contribution is -0.136. The highest BCUT2D eigenvalue weighted by atomic mass is 35.5. The van der Waals surface area contributed by atoms with Crippen molar-refractivity contribution >= 4 is 28.3 Å². The van der Waals surface area contributed by atoms with Gasteiger partial charge in [-0.2, -0.15) is 0 Å². The summed E-state index contributed by atoms with van der Waals surface area (Å²) in [5.41, 5.74) is -0.457. The summed E-state index contributed by atoms with van der Waals surface area (Å²) in [4.78, 5) is 12.5. The van der Waals surface area contributed by atoms with E-state index in [1.165, 1.54) is 10.6 Å². The molecule has 0 unspecified atom stereocenters. The summed E-state index contributed by atoms with van der Waals surface area (Å²) >= 11 is 0. The van der Waals surface area contributed by atoms with Crippen LogP contribution in [0.5, 0.6) is 0 Å². The standard InChI is InChI=1S/C14H29N3O4S.ClH/c1-4-17(22(3,19)20)11-5-8-16-13(18)14(12-21-2)6-9-15-10-7-14;/h15H,4-12H2,1-3H3,(H,16,18);1H. The van der Waals surface area contributed by atoms with Gasteiger partial charge in [0.05, 0.1) is 18.3 Å². The van der Waals surface area contributed by atoms with Crippen molar-refractivity contribution in [1.82, 2.24) is 14.9 Å². The Bertz CT molecular complexity index is 447. The van der Waals surface area contributed by atoms with Crippen LogP contribution in [0.3, 0.4) is 0 Å². The molecule has 0 atom stereocenters. The maximum absolute atomic E-state index is 12.5. The summed E-state index contributed by atoms with van der Waals surface area (Å²) in [5.74, 6) is 0.0123. The molecular formula is C14H30ClN3O4S. The predicted molar refractivity (Wildman–Crippen MR) is 93.4 cm³/mol. The molecule has 0 aromatic heterocycles. The molecule has 9 heteroatoms. The van der Waals surface area contributed by atoms with Gasteiger partial charge in [0.1, 0.15) is 0 Å². The minimum Gasteiger partial charge on any atom is -0.384 e. The van der Waals surface area contributed by atoms with E-state index < -0.39 is 15.4 Å². The number of nitrogens with zero attached hydrogens (tertiary/aromatic N) is 1. The van der Waals surface area contributed by atoms with Gasteiger partial charge in [-0.05, 0) is 32.4 Å². The van der Waals surface area contributed by atoms with Crippen LogP contribution in [0.2, 0.25) is 0 Å². The van der Waals surface area contributed by atoms with Gasteiger partial charge in [0.25, 0.3) is 0 Å². The highest BCUT2D eigenvalue weighted by Gasteiger charge is 2.39. The molecule has 0 bridgehead atoms. The number of halogens is 1. The number of rotatable bonds is 9. The summed E-state index contributed by atoms with van der Waals surface area (Å²) in [7, 11) is -1.55. The van der Waals surface area contributed by atoms with Crippen molar-refractivity contribution in [1.29, 1.82) is 0 Å². The first kappa shape index (κ1) is 22.6. The van der Waals surface area contributed by atoms with E-state index in [9.17, 15) is 13.2 Å². The van der Waals surface area contributed by atoms with Crippen LogP contribution in [0.1, 0.15) is 26.2 Å². The fourth-order valence-electron chi connectivity index (χ4n) is 2.82. The van der Waals surface area contributed by atoms with Gasteiger partial charge in [0, 0.05) is 26.7 Å². The van der Waals surface area contributed by atoms with Gasteiger partial charge in [-0.1, -0.05) is 6.92 Å². The molecular weight excluding hydrogens is 342 g/mol. The average Bonchev–Trinajstić information content (AvgIpc) is 2.47. The summed E-state index contributed by atoms with van der Waals surface area (Å²) in [5, 5.41) is 6.19. The van der Waals surface area contributed by atoms with Crippen LogP contribution in [0, 0.1) is 5.41 Å². The van der Waals surface area contributed by atoms with Crippen LogP contribution in [-0.2, 0) is 19.6 Å². The van der Waals surface area contributed by atoms with Gasteiger partial charge in [0.2, 0.25) is 15.9 Å². The Hall–Kier alpha value is -0.410. The van der Waals surface area contributed by atoms with Crippen molar-refractivity contribution in [3.63, 3.8) is 0 Å². The molecule has 1 heterocycles. The van der Waals surface area contributed by atoms with Crippen molar-refractivity contribution < 1.29 is 17.9 Å². The monoisotopic (exact) mass is 371 g/mol. The average molecular weight is 372 g/mol. The normalized spacial score (nSPS) is 17.6. The van der Waals surface area contributed by atoms with Gasteiger partial charge in [-0.15, -0.1) is 12.4 Å². The summed E-state index contributed by atoms with van der Waals surface area (Å²) < 4.78 is 29.6. The van der Waals surface area contributed by atoms with Gasteiger partial charge in [0.15, 0.2) is 0 Å². The van der Waals surface area contributed by atoms with E-state index in [1.54, 1.807) is 7.11 Å². The molecule has 0 aromatic carbocycles. The molecule has 23 heavy (non-hydrogen) atoms. The number of hydrogen-bond donors (Lipinski definition) is 2. The molecule has 0 saturated carbocycles. The maximum Gasteiger partial charge on any atom is 0.228 e. The van der Waals surface area contributed by atoms with Crippen molar-refractivity contribution in [3.8, 4) is 0 Å². The fraction of sp³-hybridized carbons (Fsp3) is 0.929. The van der Waals surface area contributed by atoms with Gasteiger partial charge >= 0.3 is 0 Å². The third-order valence-corrected chi connectivity index (χ3v) is 5.53. The number of amides is 1. The van der Waals surface area contributed by atoms with Crippen LogP contribution in [0.25, 0.3) is 0 Å². The van der Waals surface area contributed by atoms with Crippen LogP contribution in [0.4, 0.5) is 0 Å². The Morgan fingerprint density at radius 3 is 2.43 bits per heavy atom. The highest BCUT2D eigenvalue weighted by molar-refractivity contribution is 7.88. The molecule has 1 rings (SSSR count). The zero-order valence-corrected chi connectivity index (χ0v) is 15.9. The lowest BCUT2D eigenvalue weighted by Gasteiger charge is -2.35. The van der Waals surface area contributed by atoms with E-state index in [1.807, 2.05) is 6.92 Å². The van der Waals surface area contributed by atoms with E-state index in [4.69, 9.17) is 4.74 Å².